The lowest BCUT2D eigenvalue weighted by molar-refractivity contribution is -0.383. The van der Waals surface area contributed by atoms with E-state index in [2.05, 4.69) is 15.6 Å². The zero-order valence-corrected chi connectivity index (χ0v) is 10.7. The molecule has 1 aliphatic heterocycles. The SMILES string of the molecule is O=[N+]([O-])c1ccc(NC2C3CNCC32)c2ncccc12. The first-order valence-corrected chi connectivity index (χ1v) is 6.75. The van der Waals surface area contributed by atoms with Gasteiger partial charge in [-0.2, -0.15) is 0 Å². The number of pyridine rings is 1. The minimum Gasteiger partial charge on any atom is -0.380 e. The molecule has 2 aliphatic rings. The average Bonchev–Trinajstić information content (AvgIpc) is 2.89. The summed E-state index contributed by atoms with van der Waals surface area (Å²) in [6.07, 6.45) is 1.67. The Kier molecular flexibility index (Phi) is 2.40. The number of nitro groups is 1. The second kappa shape index (κ2) is 4.14. The summed E-state index contributed by atoms with van der Waals surface area (Å²) in [5.74, 6) is 1.37. The summed E-state index contributed by atoms with van der Waals surface area (Å²) in [5, 5.41) is 18.5. The highest BCUT2D eigenvalue weighted by Crippen LogP contribution is 2.44. The molecule has 102 valence electrons. The second-order valence-electron chi connectivity index (χ2n) is 5.45. The first kappa shape index (κ1) is 11.6. The molecule has 1 aromatic heterocycles. The summed E-state index contributed by atoms with van der Waals surface area (Å²) in [7, 11) is 0. The smallest absolute Gasteiger partial charge is 0.278 e. The van der Waals surface area contributed by atoms with Crippen molar-refractivity contribution in [2.24, 2.45) is 11.8 Å². The van der Waals surface area contributed by atoms with Crippen molar-refractivity contribution >= 4 is 22.3 Å². The lowest BCUT2D eigenvalue weighted by atomic mass is 10.1. The first-order valence-electron chi connectivity index (χ1n) is 6.75. The number of hydrogen-bond acceptors (Lipinski definition) is 5. The lowest BCUT2D eigenvalue weighted by Crippen LogP contribution is -2.21. The van der Waals surface area contributed by atoms with Crippen molar-refractivity contribution in [3.8, 4) is 0 Å². The van der Waals surface area contributed by atoms with E-state index in [0.717, 1.165) is 18.8 Å². The van der Waals surface area contributed by atoms with E-state index < -0.39 is 0 Å². The molecule has 1 aromatic carbocycles. The van der Waals surface area contributed by atoms with Crippen molar-refractivity contribution in [2.45, 2.75) is 6.04 Å². The van der Waals surface area contributed by atoms with Crippen LogP contribution in [0.25, 0.3) is 10.9 Å². The number of benzene rings is 1. The molecule has 2 unspecified atom stereocenters. The molecule has 2 atom stereocenters. The summed E-state index contributed by atoms with van der Waals surface area (Å²) >= 11 is 0. The van der Waals surface area contributed by atoms with Gasteiger partial charge >= 0.3 is 0 Å². The number of aromatic nitrogens is 1. The highest BCUT2D eigenvalue weighted by atomic mass is 16.6. The Morgan fingerprint density at radius 3 is 2.85 bits per heavy atom. The number of piperidine rings is 1. The Labute approximate surface area is 115 Å². The molecule has 1 aliphatic carbocycles. The van der Waals surface area contributed by atoms with Gasteiger partial charge in [0.2, 0.25) is 0 Å². The maximum Gasteiger partial charge on any atom is 0.278 e. The summed E-state index contributed by atoms with van der Waals surface area (Å²) in [5.41, 5.74) is 1.68. The molecule has 6 heteroatoms. The van der Waals surface area contributed by atoms with Crippen LogP contribution in [0.15, 0.2) is 30.5 Å². The monoisotopic (exact) mass is 270 g/mol. The van der Waals surface area contributed by atoms with E-state index in [-0.39, 0.29) is 10.6 Å². The molecule has 2 heterocycles. The quantitative estimate of drug-likeness (QED) is 0.656. The van der Waals surface area contributed by atoms with Crippen LogP contribution in [0.2, 0.25) is 0 Å². The number of hydrogen-bond donors (Lipinski definition) is 2. The van der Waals surface area contributed by atoms with Crippen LogP contribution in [0, 0.1) is 22.0 Å². The van der Waals surface area contributed by atoms with E-state index in [4.69, 9.17) is 0 Å². The summed E-state index contributed by atoms with van der Waals surface area (Å²) < 4.78 is 0. The highest BCUT2D eigenvalue weighted by Gasteiger charge is 2.53. The largest absolute Gasteiger partial charge is 0.380 e. The zero-order valence-electron chi connectivity index (χ0n) is 10.7. The number of non-ortho nitro benzene ring substituents is 1. The van der Waals surface area contributed by atoms with E-state index in [1.165, 1.54) is 0 Å². The second-order valence-corrected chi connectivity index (χ2v) is 5.45. The van der Waals surface area contributed by atoms with Crippen molar-refractivity contribution in [3.05, 3.63) is 40.6 Å². The molecule has 2 aromatic rings. The normalized spacial score (nSPS) is 27.3. The van der Waals surface area contributed by atoms with E-state index in [1.54, 1.807) is 30.5 Å². The molecule has 0 spiro atoms. The van der Waals surface area contributed by atoms with Gasteiger partial charge in [-0.15, -0.1) is 0 Å². The van der Waals surface area contributed by atoms with Crippen molar-refractivity contribution in [2.75, 3.05) is 18.4 Å². The van der Waals surface area contributed by atoms with Gasteiger partial charge in [0, 0.05) is 31.4 Å². The minimum absolute atomic E-state index is 0.108. The number of nitrogens with zero attached hydrogens (tertiary/aromatic N) is 2. The fourth-order valence-electron chi connectivity index (χ4n) is 3.25. The van der Waals surface area contributed by atoms with E-state index in [9.17, 15) is 10.1 Å². The molecule has 0 bridgehead atoms. The number of nitro benzene ring substituents is 1. The standard InChI is InChI=1S/C14H14N4O2/c19-18(20)12-4-3-11(14-8(12)2-1-5-16-14)17-13-9-6-15-7-10(9)13/h1-5,9-10,13,15,17H,6-7H2. The van der Waals surface area contributed by atoms with Crippen molar-refractivity contribution in [3.63, 3.8) is 0 Å². The number of anilines is 1. The van der Waals surface area contributed by atoms with E-state index in [1.807, 2.05) is 0 Å². The van der Waals surface area contributed by atoms with Gasteiger partial charge in [0.05, 0.1) is 16.0 Å². The molecule has 4 rings (SSSR count). The van der Waals surface area contributed by atoms with Crippen LogP contribution in [-0.2, 0) is 0 Å². The molecule has 6 nitrogen and oxygen atoms in total. The zero-order chi connectivity index (χ0) is 13.7. The molecule has 0 amide bonds. The Morgan fingerprint density at radius 2 is 2.10 bits per heavy atom. The number of fused-ring (bicyclic) bond motifs is 2. The van der Waals surface area contributed by atoms with Crippen LogP contribution in [0.1, 0.15) is 0 Å². The Hall–Kier alpha value is -2.21. The number of nitrogens with one attached hydrogen (secondary N) is 2. The van der Waals surface area contributed by atoms with Gasteiger partial charge < -0.3 is 10.6 Å². The third-order valence-electron chi connectivity index (χ3n) is 4.36. The van der Waals surface area contributed by atoms with Gasteiger partial charge in [0.1, 0.15) is 5.52 Å². The third kappa shape index (κ3) is 1.65. The molecule has 1 saturated heterocycles. The van der Waals surface area contributed by atoms with Gasteiger partial charge in [-0.05, 0) is 30.0 Å². The van der Waals surface area contributed by atoms with Gasteiger partial charge in [-0.25, -0.2) is 0 Å². The topological polar surface area (TPSA) is 80.1 Å². The van der Waals surface area contributed by atoms with Crippen molar-refractivity contribution in [1.82, 2.24) is 10.3 Å². The summed E-state index contributed by atoms with van der Waals surface area (Å²) in [6, 6.07) is 7.29. The minimum atomic E-state index is -0.358. The van der Waals surface area contributed by atoms with Crippen LogP contribution < -0.4 is 10.6 Å². The van der Waals surface area contributed by atoms with Crippen LogP contribution in [0.5, 0.6) is 0 Å². The Balaban J connectivity index is 1.73. The molecular formula is C14H14N4O2. The molecule has 2 fully saturated rings. The molecular weight excluding hydrogens is 256 g/mol. The average molecular weight is 270 g/mol. The summed E-state index contributed by atoms with van der Waals surface area (Å²) in [4.78, 5) is 15.0. The number of rotatable bonds is 3. The molecule has 0 radical (unpaired) electrons. The van der Waals surface area contributed by atoms with Gasteiger partial charge in [0.25, 0.3) is 5.69 Å². The third-order valence-corrected chi connectivity index (χ3v) is 4.36. The maximum atomic E-state index is 11.1. The van der Waals surface area contributed by atoms with Crippen LogP contribution >= 0.6 is 0 Å². The Morgan fingerprint density at radius 1 is 1.30 bits per heavy atom. The predicted molar refractivity (Wildman–Crippen MR) is 75.7 cm³/mol. The summed E-state index contributed by atoms with van der Waals surface area (Å²) in [6.45, 7) is 2.11. The van der Waals surface area contributed by atoms with E-state index >= 15 is 0 Å². The van der Waals surface area contributed by atoms with Crippen LogP contribution in [0.3, 0.4) is 0 Å². The molecule has 2 N–H and O–H groups in total. The predicted octanol–water partition coefficient (Wildman–Crippen LogP) is 1.77. The van der Waals surface area contributed by atoms with Gasteiger partial charge in [-0.3, -0.25) is 15.1 Å². The van der Waals surface area contributed by atoms with E-state index in [0.29, 0.717) is 28.8 Å². The Bertz CT molecular complexity index is 693. The highest BCUT2D eigenvalue weighted by molar-refractivity contribution is 5.96. The van der Waals surface area contributed by atoms with Crippen LogP contribution in [0.4, 0.5) is 11.4 Å². The van der Waals surface area contributed by atoms with Gasteiger partial charge in [0.15, 0.2) is 0 Å². The fraction of sp³-hybridized carbons (Fsp3) is 0.357. The van der Waals surface area contributed by atoms with Crippen molar-refractivity contribution < 1.29 is 4.92 Å². The maximum absolute atomic E-state index is 11.1. The first-order chi connectivity index (χ1) is 9.75. The molecule has 1 saturated carbocycles. The lowest BCUT2D eigenvalue weighted by Gasteiger charge is -2.11. The fourth-order valence-corrected chi connectivity index (χ4v) is 3.25. The molecule has 20 heavy (non-hydrogen) atoms. The van der Waals surface area contributed by atoms with Crippen molar-refractivity contribution in [1.29, 1.82) is 0 Å². The van der Waals surface area contributed by atoms with Crippen LogP contribution in [-0.4, -0.2) is 29.0 Å². The van der Waals surface area contributed by atoms with Gasteiger partial charge in [-0.1, -0.05) is 0 Å².